The van der Waals surface area contributed by atoms with Crippen LogP contribution in [-0.2, 0) is 4.79 Å². The van der Waals surface area contributed by atoms with Gasteiger partial charge in [-0.2, -0.15) is 0 Å². The van der Waals surface area contributed by atoms with Crippen molar-refractivity contribution in [1.29, 1.82) is 0 Å². The second-order valence-corrected chi connectivity index (χ2v) is 7.59. The maximum Gasteiger partial charge on any atom is 0.224 e. The molecule has 0 spiro atoms. The summed E-state index contributed by atoms with van der Waals surface area (Å²) in [6.45, 7) is 6.72. The van der Waals surface area contributed by atoms with Crippen molar-refractivity contribution in [3.63, 3.8) is 0 Å². The van der Waals surface area contributed by atoms with Crippen LogP contribution in [0, 0.1) is 6.92 Å². The molecule has 0 radical (unpaired) electrons. The van der Waals surface area contributed by atoms with Crippen molar-refractivity contribution in [2.75, 3.05) is 11.9 Å². The van der Waals surface area contributed by atoms with E-state index < -0.39 is 0 Å². The highest BCUT2D eigenvalue weighted by atomic mass is 79.9. The summed E-state index contributed by atoms with van der Waals surface area (Å²) in [5.41, 5.74) is 3.01. The van der Waals surface area contributed by atoms with E-state index in [1.54, 1.807) is 6.07 Å². The lowest BCUT2D eigenvalue weighted by Gasteiger charge is -2.12. The van der Waals surface area contributed by atoms with Crippen molar-refractivity contribution >= 4 is 39.1 Å². The molecule has 2 aromatic carbocycles. The number of amides is 1. The SMILES string of the molecule is Cc1cc(Cl)ccc1NC(=O)CCCOc1ccc(C(C)C)cc1Br. The average molecular weight is 425 g/mol. The van der Waals surface area contributed by atoms with Gasteiger partial charge in [-0.25, -0.2) is 0 Å². The Labute approximate surface area is 162 Å². The lowest BCUT2D eigenvalue weighted by atomic mass is 10.0. The Bertz CT molecular complexity index is 746. The molecule has 0 aliphatic rings. The quantitative estimate of drug-likeness (QED) is 0.527. The molecule has 0 saturated heterocycles. The molecule has 0 fully saturated rings. The summed E-state index contributed by atoms with van der Waals surface area (Å²) in [5, 5.41) is 3.57. The number of ether oxygens (including phenoxy) is 1. The van der Waals surface area contributed by atoms with Crippen molar-refractivity contribution < 1.29 is 9.53 Å². The highest BCUT2D eigenvalue weighted by Crippen LogP contribution is 2.29. The van der Waals surface area contributed by atoms with Gasteiger partial charge in [0.05, 0.1) is 11.1 Å². The Balaban J connectivity index is 1.78. The van der Waals surface area contributed by atoms with Crippen LogP contribution in [0.25, 0.3) is 0 Å². The molecule has 0 aliphatic heterocycles. The molecule has 2 rings (SSSR count). The van der Waals surface area contributed by atoms with Gasteiger partial charge in [0.1, 0.15) is 5.75 Å². The Hall–Kier alpha value is -1.52. The number of rotatable bonds is 7. The lowest BCUT2D eigenvalue weighted by molar-refractivity contribution is -0.116. The molecule has 0 heterocycles. The Morgan fingerprint density at radius 1 is 1.24 bits per heavy atom. The van der Waals surface area contributed by atoms with Crippen LogP contribution in [0.5, 0.6) is 5.75 Å². The number of carbonyl (C=O) groups excluding carboxylic acids is 1. The van der Waals surface area contributed by atoms with Crippen LogP contribution >= 0.6 is 27.5 Å². The normalized spacial score (nSPS) is 10.8. The fourth-order valence-electron chi connectivity index (χ4n) is 2.39. The second kappa shape index (κ2) is 9.25. The molecular formula is C20H23BrClNO2. The van der Waals surface area contributed by atoms with E-state index in [2.05, 4.69) is 47.2 Å². The van der Waals surface area contributed by atoms with Crippen LogP contribution < -0.4 is 10.1 Å². The van der Waals surface area contributed by atoms with Crippen molar-refractivity contribution in [1.82, 2.24) is 0 Å². The Morgan fingerprint density at radius 3 is 2.64 bits per heavy atom. The molecule has 1 amide bonds. The topological polar surface area (TPSA) is 38.3 Å². The summed E-state index contributed by atoms with van der Waals surface area (Å²) < 4.78 is 6.71. The van der Waals surface area contributed by atoms with Gasteiger partial charge in [0, 0.05) is 17.1 Å². The zero-order valence-electron chi connectivity index (χ0n) is 14.7. The van der Waals surface area contributed by atoms with Gasteiger partial charge in [0.25, 0.3) is 0 Å². The summed E-state index contributed by atoms with van der Waals surface area (Å²) in [6.07, 6.45) is 1.06. The highest BCUT2D eigenvalue weighted by Gasteiger charge is 2.08. The van der Waals surface area contributed by atoms with E-state index in [9.17, 15) is 4.79 Å². The van der Waals surface area contributed by atoms with E-state index >= 15 is 0 Å². The molecule has 0 aliphatic carbocycles. The smallest absolute Gasteiger partial charge is 0.224 e. The summed E-state index contributed by atoms with van der Waals surface area (Å²) >= 11 is 9.46. The van der Waals surface area contributed by atoms with Crippen molar-refractivity contribution in [2.45, 2.75) is 39.5 Å². The zero-order valence-corrected chi connectivity index (χ0v) is 17.1. The predicted molar refractivity (Wildman–Crippen MR) is 108 cm³/mol. The number of anilines is 1. The van der Waals surface area contributed by atoms with Gasteiger partial charge >= 0.3 is 0 Å². The van der Waals surface area contributed by atoms with Crippen molar-refractivity contribution in [2.24, 2.45) is 0 Å². The Morgan fingerprint density at radius 2 is 2.00 bits per heavy atom. The number of halogens is 2. The first kappa shape index (κ1) is 19.8. The van der Waals surface area contributed by atoms with Gasteiger partial charge in [0.15, 0.2) is 0 Å². The monoisotopic (exact) mass is 423 g/mol. The zero-order chi connectivity index (χ0) is 18.4. The standard InChI is InChI=1S/C20H23BrClNO2/c1-13(2)15-6-9-19(17(21)12-15)25-10-4-5-20(24)23-18-8-7-16(22)11-14(18)3/h6-9,11-13H,4-5,10H2,1-3H3,(H,23,24). The van der Waals surface area contributed by atoms with Crippen LogP contribution in [-0.4, -0.2) is 12.5 Å². The molecule has 0 unspecified atom stereocenters. The maximum atomic E-state index is 12.0. The first-order valence-corrected chi connectivity index (χ1v) is 9.52. The minimum absolute atomic E-state index is 0.0248. The highest BCUT2D eigenvalue weighted by molar-refractivity contribution is 9.10. The van der Waals surface area contributed by atoms with E-state index in [1.807, 2.05) is 25.1 Å². The van der Waals surface area contributed by atoms with Crippen LogP contribution in [0.1, 0.15) is 43.7 Å². The van der Waals surface area contributed by atoms with Gasteiger partial charge in [-0.15, -0.1) is 0 Å². The maximum absolute atomic E-state index is 12.0. The van der Waals surface area contributed by atoms with Gasteiger partial charge in [0.2, 0.25) is 5.91 Å². The summed E-state index contributed by atoms with van der Waals surface area (Å²) in [4.78, 5) is 12.0. The number of hydrogen-bond acceptors (Lipinski definition) is 2. The van der Waals surface area contributed by atoms with Crippen LogP contribution in [0.15, 0.2) is 40.9 Å². The van der Waals surface area contributed by atoms with Crippen LogP contribution in [0.3, 0.4) is 0 Å². The summed E-state index contributed by atoms with van der Waals surface area (Å²) in [5.74, 6) is 1.26. The third-order valence-corrected chi connectivity index (χ3v) is 4.75. The number of hydrogen-bond donors (Lipinski definition) is 1. The van der Waals surface area contributed by atoms with E-state index in [1.165, 1.54) is 5.56 Å². The van der Waals surface area contributed by atoms with Gasteiger partial charge < -0.3 is 10.1 Å². The molecule has 134 valence electrons. The van der Waals surface area contributed by atoms with Crippen molar-refractivity contribution in [3.05, 3.63) is 57.0 Å². The fraction of sp³-hybridized carbons (Fsp3) is 0.350. The molecule has 25 heavy (non-hydrogen) atoms. The fourth-order valence-corrected chi connectivity index (χ4v) is 3.13. The summed E-state index contributed by atoms with van der Waals surface area (Å²) in [6, 6.07) is 11.5. The molecular weight excluding hydrogens is 402 g/mol. The third kappa shape index (κ3) is 6.05. The van der Waals surface area contributed by atoms with Crippen LogP contribution in [0.4, 0.5) is 5.69 Å². The van der Waals surface area contributed by atoms with E-state index in [0.717, 1.165) is 21.5 Å². The molecule has 3 nitrogen and oxygen atoms in total. The number of nitrogens with one attached hydrogen (secondary N) is 1. The van der Waals surface area contributed by atoms with Crippen molar-refractivity contribution in [3.8, 4) is 5.75 Å². The molecule has 2 aromatic rings. The van der Waals surface area contributed by atoms with Gasteiger partial charge in [-0.05, 0) is 76.7 Å². The van der Waals surface area contributed by atoms with E-state index in [0.29, 0.717) is 30.4 Å². The number of aryl methyl sites for hydroxylation is 1. The number of benzene rings is 2. The molecule has 5 heteroatoms. The predicted octanol–water partition coefficient (Wildman–Crippen LogP) is 6.33. The Kier molecular flexibility index (Phi) is 7.33. The first-order valence-electron chi connectivity index (χ1n) is 8.35. The minimum atomic E-state index is -0.0248. The summed E-state index contributed by atoms with van der Waals surface area (Å²) in [7, 11) is 0. The number of carbonyl (C=O) groups is 1. The third-order valence-electron chi connectivity index (χ3n) is 3.89. The molecule has 0 saturated carbocycles. The first-order chi connectivity index (χ1) is 11.9. The van der Waals surface area contributed by atoms with E-state index in [-0.39, 0.29) is 5.91 Å². The van der Waals surface area contributed by atoms with Gasteiger partial charge in [-0.3, -0.25) is 4.79 Å². The second-order valence-electron chi connectivity index (χ2n) is 6.30. The average Bonchev–Trinajstić information content (AvgIpc) is 2.55. The molecule has 0 aromatic heterocycles. The lowest BCUT2D eigenvalue weighted by Crippen LogP contribution is -2.13. The van der Waals surface area contributed by atoms with Gasteiger partial charge in [-0.1, -0.05) is 31.5 Å². The molecule has 1 N–H and O–H groups in total. The van der Waals surface area contributed by atoms with E-state index in [4.69, 9.17) is 16.3 Å². The molecule has 0 atom stereocenters. The minimum Gasteiger partial charge on any atom is -0.492 e. The molecule has 0 bridgehead atoms. The van der Waals surface area contributed by atoms with Crippen LogP contribution in [0.2, 0.25) is 5.02 Å². The largest absolute Gasteiger partial charge is 0.492 e.